The molecule has 1 aromatic heterocycles. The van der Waals surface area contributed by atoms with Gasteiger partial charge in [0.15, 0.2) is 0 Å². The van der Waals surface area contributed by atoms with Crippen LogP contribution in [0.4, 0.5) is 0 Å². The van der Waals surface area contributed by atoms with Gasteiger partial charge in [-0.1, -0.05) is 12.1 Å². The molecule has 0 radical (unpaired) electrons. The van der Waals surface area contributed by atoms with Crippen LogP contribution in [0.2, 0.25) is 0 Å². The molecule has 116 valence electrons. The normalized spacial score (nSPS) is 19.6. The number of imidazole rings is 1. The molecule has 2 aromatic rings. The summed E-state index contributed by atoms with van der Waals surface area (Å²) in [4.78, 5) is 14.5. The first-order valence-electron chi connectivity index (χ1n) is 7.44. The van der Waals surface area contributed by atoms with Crippen LogP contribution in [-0.4, -0.2) is 27.9 Å². The maximum atomic E-state index is 11.9. The van der Waals surface area contributed by atoms with Crippen molar-refractivity contribution >= 4 is 12.6 Å². The van der Waals surface area contributed by atoms with Gasteiger partial charge in [-0.15, -0.1) is 0 Å². The number of rotatable bonds is 2. The molecule has 1 aliphatic rings. The number of aromatic amines is 1. The third-order valence-electron chi connectivity index (χ3n) is 4.76. The van der Waals surface area contributed by atoms with Crippen LogP contribution in [0, 0.1) is 6.92 Å². The second-order valence-corrected chi connectivity index (χ2v) is 6.71. The monoisotopic (exact) mass is 300 g/mol. The van der Waals surface area contributed by atoms with Gasteiger partial charge in [0.1, 0.15) is 0 Å². The molecule has 0 aliphatic carbocycles. The summed E-state index contributed by atoms with van der Waals surface area (Å²) in [5, 5.41) is 0. The zero-order valence-electron chi connectivity index (χ0n) is 13.6. The van der Waals surface area contributed by atoms with E-state index in [1.54, 1.807) is 17.0 Å². The summed E-state index contributed by atoms with van der Waals surface area (Å²) >= 11 is 0. The van der Waals surface area contributed by atoms with Crippen molar-refractivity contribution in [2.24, 2.45) is 0 Å². The van der Waals surface area contributed by atoms with Gasteiger partial charge in [-0.05, 0) is 51.7 Å². The average molecular weight is 300 g/mol. The first kappa shape index (κ1) is 15.1. The van der Waals surface area contributed by atoms with Crippen molar-refractivity contribution in [3.05, 3.63) is 46.6 Å². The second kappa shape index (κ2) is 4.86. The summed E-state index contributed by atoms with van der Waals surface area (Å²) in [5.41, 5.74) is 1.83. The lowest BCUT2D eigenvalue weighted by Crippen LogP contribution is -2.41. The van der Waals surface area contributed by atoms with E-state index in [4.69, 9.17) is 9.31 Å². The number of nitrogens with one attached hydrogen (secondary N) is 1. The van der Waals surface area contributed by atoms with Crippen molar-refractivity contribution in [1.29, 1.82) is 0 Å². The number of nitrogens with zero attached hydrogens (tertiary/aromatic N) is 1. The van der Waals surface area contributed by atoms with Crippen LogP contribution in [0.25, 0.3) is 5.69 Å². The fourth-order valence-electron chi connectivity index (χ4n) is 2.64. The number of H-pyrrole nitrogens is 1. The lowest BCUT2D eigenvalue weighted by atomic mass is 9.76. The maximum Gasteiger partial charge on any atom is 0.495 e. The van der Waals surface area contributed by atoms with Crippen molar-refractivity contribution < 1.29 is 9.31 Å². The van der Waals surface area contributed by atoms with Crippen LogP contribution in [0.15, 0.2) is 35.4 Å². The van der Waals surface area contributed by atoms with Crippen LogP contribution in [0.5, 0.6) is 0 Å². The van der Waals surface area contributed by atoms with E-state index in [9.17, 15) is 4.79 Å². The molecule has 0 unspecified atom stereocenters. The van der Waals surface area contributed by atoms with Crippen molar-refractivity contribution in [3.63, 3.8) is 0 Å². The van der Waals surface area contributed by atoms with Gasteiger partial charge in [0.05, 0.1) is 16.9 Å². The standard InChI is InChI=1S/C16H21BN2O3/c1-11-12(17-21-15(2,3)16(4,5)22-17)7-6-8-13(11)19-10-9-18-14(19)20/h6-10H,1-5H3,(H,18,20). The van der Waals surface area contributed by atoms with Crippen molar-refractivity contribution in [1.82, 2.24) is 9.55 Å². The van der Waals surface area contributed by atoms with E-state index in [0.29, 0.717) is 0 Å². The van der Waals surface area contributed by atoms with Crippen LogP contribution in [0.1, 0.15) is 33.3 Å². The molecule has 2 heterocycles. The van der Waals surface area contributed by atoms with E-state index in [1.807, 2.05) is 52.8 Å². The molecule has 5 nitrogen and oxygen atoms in total. The number of aromatic nitrogens is 2. The molecule has 6 heteroatoms. The van der Waals surface area contributed by atoms with Crippen LogP contribution < -0.4 is 11.2 Å². The average Bonchev–Trinajstić information content (AvgIpc) is 2.91. The third-order valence-corrected chi connectivity index (χ3v) is 4.76. The van der Waals surface area contributed by atoms with Crippen molar-refractivity contribution in [3.8, 4) is 5.69 Å². The van der Waals surface area contributed by atoms with Gasteiger partial charge in [0.2, 0.25) is 0 Å². The topological polar surface area (TPSA) is 56.2 Å². The predicted octanol–water partition coefficient (Wildman–Crippen LogP) is 1.77. The van der Waals surface area contributed by atoms with Gasteiger partial charge in [-0.3, -0.25) is 4.57 Å². The summed E-state index contributed by atoms with van der Waals surface area (Å²) in [6, 6.07) is 5.82. The summed E-state index contributed by atoms with van der Waals surface area (Å²) in [6.07, 6.45) is 3.35. The largest absolute Gasteiger partial charge is 0.495 e. The zero-order chi connectivity index (χ0) is 16.1. The Morgan fingerprint density at radius 3 is 2.32 bits per heavy atom. The molecule has 0 bridgehead atoms. The minimum atomic E-state index is -0.431. The molecule has 0 saturated carbocycles. The Bertz CT molecular complexity index is 745. The molecule has 1 aliphatic heterocycles. The summed E-state index contributed by atoms with van der Waals surface area (Å²) in [5.74, 6) is 0. The van der Waals surface area contributed by atoms with Gasteiger partial charge in [-0.2, -0.15) is 0 Å². The Balaban J connectivity index is 2.04. The number of hydrogen-bond donors (Lipinski definition) is 1. The smallest absolute Gasteiger partial charge is 0.399 e. The van der Waals surface area contributed by atoms with E-state index in [0.717, 1.165) is 16.7 Å². The Morgan fingerprint density at radius 2 is 1.77 bits per heavy atom. The molecular formula is C16H21BN2O3. The molecule has 0 atom stereocenters. The molecule has 1 saturated heterocycles. The first-order chi connectivity index (χ1) is 10.2. The van der Waals surface area contributed by atoms with Gasteiger partial charge in [0.25, 0.3) is 0 Å². The van der Waals surface area contributed by atoms with E-state index >= 15 is 0 Å². The quantitative estimate of drug-likeness (QED) is 0.860. The van der Waals surface area contributed by atoms with Gasteiger partial charge in [-0.25, -0.2) is 4.79 Å². The van der Waals surface area contributed by atoms with Crippen molar-refractivity contribution in [2.75, 3.05) is 0 Å². The maximum absolute atomic E-state index is 11.9. The van der Waals surface area contributed by atoms with E-state index in [2.05, 4.69) is 4.98 Å². The minimum absolute atomic E-state index is 0.158. The molecule has 3 rings (SSSR count). The SMILES string of the molecule is Cc1c(B2OC(C)(C)C(C)(C)O2)cccc1-n1cc[nH]c1=O. The lowest BCUT2D eigenvalue weighted by Gasteiger charge is -2.32. The molecule has 0 spiro atoms. The van der Waals surface area contributed by atoms with Crippen LogP contribution in [0.3, 0.4) is 0 Å². The van der Waals surface area contributed by atoms with E-state index in [1.165, 1.54) is 0 Å². The van der Waals surface area contributed by atoms with Gasteiger partial charge < -0.3 is 14.3 Å². The Labute approximate surface area is 130 Å². The zero-order valence-corrected chi connectivity index (χ0v) is 13.6. The second-order valence-electron chi connectivity index (χ2n) is 6.71. The number of benzene rings is 1. The molecule has 1 aromatic carbocycles. The van der Waals surface area contributed by atoms with Gasteiger partial charge in [0, 0.05) is 12.4 Å². The fourth-order valence-corrected chi connectivity index (χ4v) is 2.64. The molecule has 1 fully saturated rings. The van der Waals surface area contributed by atoms with E-state index < -0.39 is 7.12 Å². The highest BCUT2D eigenvalue weighted by Gasteiger charge is 2.52. The van der Waals surface area contributed by atoms with E-state index in [-0.39, 0.29) is 16.9 Å². The minimum Gasteiger partial charge on any atom is -0.399 e. The molecular weight excluding hydrogens is 279 g/mol. The molecule has 22 heavy (non-hydrogen) atoms. The summed E-state index contributed by atoms with van der Waals surface area (Å²) in [7, 11) is -0.431. The predicted molar refractivity (Wildman–Crippen MR) is 86.8 cm³/mol. The summed E-state index contributed by atoms with van der Waals surface area (Å²) in [6.45, 7) is 10.1. The highest BCUT2D eigenvalue weighted by Crippen LogP contribution is 2.36. The number of hydrogen-bond acceptors (Lipinski definition) is 3. The Morgan fingerprint density at radius 1 is 1.14 bits per heavy atom. The Hall–Kier alpha value is -1.79. The van der Waals surface area contributed by atoms with Crippen LogP contribution >= 0.6 is 0 Å². The summed E-state index contributed by atoms with van der Waals surface area (Å²) < 4.78 is 13.8. The molecule has 1 N–H and O–H groups in total. The third kappa shape index (κ3) is 2.23. The fraction of sp³-hybridized carbons (Fsp3) is 0.438. The molecule has 0 amide bonds. The van der Waals surface area contributed by atoms with Crippen LogP contribution in [-0.2, 0) is 9.31 Å². The first-order valence-corrected chi connectivity index (χ1v) is 7.44. The Kier molecular flexibility index (Phi) is 3.34. The van der Waals surface area contributed by atoms with Gasteiger partial charge >= 0.3 is 12.8 Å². The highest BCUT2D eigenvalue weighted by atomic mass is 16.7. The lowest BCUT2D eigenvalue weighted by molar-refractivity contribution is 0.00578. The highest BCUT2D eigenvalue weighted by molar-refractivity contribution is 6.62. The van der Waals surface area contributed by atoms with Crippen molar-refractivity contribution in [2.45, 2.75) is 45.8 Å².